The zero-order valence-corrected chi connectivity index (χ0v) is 11.6. The van der Waals surface area contributed by atoms with Crippen molar-refractivity contribution in [1.82, 2.24) is 20.0 Å². The number of fused-ring (bicyclic) bond motifs is 1. The summed E-state index contributed by atoms with van der Waals surface area (Å²) >= 11 is 0. The quantitative estimate of drug-likeness (QED) is 0.724. The van der Waals surface area contributed by atoms with Crippen molar-refractivity contribution in [2.45, 2.75) is 13.1 Å². The molecule has 0 fully saturated rings. The van der Waals surface area contributed by atoms with Gasteiger partial charge in [0.15, 0.2) is 11.5 Å². The number of hydrogen-bond acceptors (Lipinski definition) is 5. The van der Waals surface area contributed by atoms with Gasteiger partial charge >= 0.3 is 0 Å². The van der Waals surface area contributed by atoms with Gasteiger partial charge in [0.2, 0.25) is 0 Å². The van der Waals surface area contributed by atoms with E-state index >= 15 is 0 Å². The Morgan fingerprint density at radius 1 is 1.18 bits per heavy atom. The van der Waals surface area contributed by atoms with Crippen LogP contribution >= 0.6 is 0 Å². The van der Waals surface area contributed by atoms with Crippen molar-refractivity contribution in [2.24, 2.45) is 0 Å². The third kappa shape index (κ3) is 2.14. The first-order valence-corrected chi connectivity index (χ1v) is 6.90. The van der Waals surface area contributed by atoms with Crippen LogP contribution in [0.1, 0.15) is 21.7 Å². The molecule has 1 aliphatic rings. The minimum atomic E-state index is -0.156. The number of nitrogens with zero attached hydrogens (tertiary/aromatic N) is 4. The highest BCUT2D eigenvalue weighted by atomic mass is 16.5. The van der Waals surface area contributed by atoms with E-state index in [-0.39, 0.29) is 5.91 Å². The van der Waals surface area contributed by atoms with Crippen LogP contribution in [0.4, 0.5) is 0 Å². The summed E-state index contributed by atoms with van der Waals surface area (Å²) in [5, 5.41) is 3.89. The maximum absolute atomic E-state index is 12.5. The van der Waals surface area contributed by atoms with Gasteiger partial charge in [-0.2, -0.15) is 0 Å². The predicted molar refractivity (Wildman–Crippen MR) is 77.5 cm³/mol. The highest BCUT2D eigenvalue weighted by molar-refractivity contribution is 5.93. The highest BCUT2D eigenvalue weighted by Crippen LogP contribution is 2.24. The Morgan fingerprint density at radius 3 is 2.91 bits per heavy atom. The van der Waals surface area contributed by atoms with Gasteiger partial charge in [0, 0.05) is 36.8 Å². The SMILES string of the molecule is O=C(c1cc(-c2cccnc2)on1)N1Cc2cccnc2C1. The molecule has 0 bridgehead atoms. The lowest BCUT2D eigenvalue weighted by Crippen LogP contribution is -2.25. The largest absolute Gasteiger partial charge is 0.355 e. The number of pyridine rings is 2. The molecule has 0 saturated carbocycles. The zero-order chi connectivity index (χ0) is 14.9. The molecule has 0 aliphatic carbocycles. The number of carbonyl (C=O) groups is 1. The van der Waals surface area contributed by atoms with Gasteiger partial charge in [0.1, 0.15) is 0 Å². The monoisotopic (exact) mass is 292 g/mol. The van der Waals surface area contributed by atoms with Gasteiger partial charge in [-0.1, -0.05) is 11.2 Å². The Morgan fingerprint density at radius 2 is 2.09 bits per heavy atom. The molecule has 3 aromatic rings. The second-order valence-electron chi connectivity index (χ2n) is 5.09. The molecule has 0 spiro atoms. The third-order valence-corrected chi connectivity index (χ3v) is 3.65. The molecule has 6 heteroatoms. The van der Waals surface area contributed by atoms with Crippen LogP contribution in [-0.4, -0.2) is 25.9 Å². The Kier molecular flexibility index (Phi) is 2.93. The van der Waals surface area contributed by atoms with Gasteiger partial charge < -0.3 is 9.42 Å². The summed E-state index contributed by atoms with van der Waals surface area (Å²) in [6, 6.07) is 9.18. The standard InChI is InChI=1S/C16H12N4O2/c21-16(20-9-12-4-2-6-18-14(12)10-20)13-7-15(22-19-13)11-3-1-5-17-8-11/h1-8H,9-10H2. The van der Waals surface area contributed by atoms with Gasteiger partial charge in [-0.05, 0) is 23.8 Å². The van der Waals surface area contributed by atoms with E-state index in [1.165, 1.54) is 0 Å². The smallest absolute Gasteiger partial charge is 0.276 e. The van der Waals surface area contributed by atoms with Gasteiger partial charge in [-0.3, -0.25) is 14.8 Å². The normalized spacial score (nSPS) is 13.2. The topological polar surface area (TPSA) is 72.1 Å². The lowest BCUT2D eigenvalue weighted by atomic mass is 10.2. The third-order valence-electron chi connectivity index (χ3n) is 3.65. The van der Waals surface area contributed by atoms with E-state index in [1.807, 2.05) is 24.3 Å². The van der Waals surface area contributed by atoms with Gasteiger partial charge in [0.25, 0.3) is 5.91 Å². The van der Waals surface area contributed by atoms with E-state index in [9.17, 15) is 4.79 Å². The van der Waals surface area contributed by atoms with Crippen LogP contribution < -0.4 is 0 Å². The van der Waals surface area contributed by atoms with Crippen molar-refractivity contribution in [2.75, 3.05) is 0 Å². The highest BCUT2D eigenvalue weighted by Gasteiger charge is 2.27. The van der Waals surface area contributed by atoms with Crippen LogP contribution in [0.5, 0.6) is 0 Å². The van der Waals surface area contributed by atoms with E-state index in [2.05, 4.69) is 15.1 Å². The lowest BCUT2D eigenvalue weighted by Gasteiger charge is -2.12. The Hall–Kier alpha value is -3.02. The van der Waals surface area contributed by atoms with Gasteiger partial charge in [0.05, 0.1) is 12.2 Å². The molecule has 0 aromatic carbocycles. The van der Waals surface area contributed by atoms with Crippen molar-refractivity contribution in [1.29, 1.82) is 0 Å². The fraction of sp³-hybridized carbons (Fsp3) is 0.125. The average molecular weight is 292 g/mol. The molecule has 0 unspecified atom stereocenters. The number of hydrogen-bond donors (Lipinski definition) is 0. The number of carbonyl (C=O) groups excluding carboxylic acids is 1. The van der Waals surface area contributed by atoms with Crippen LogP contribution in [0.2, 0.25) is 0 Å². The van der Waals surface area contributed by atoms with Crippen molar-refractivity contribution < 1.29 is 9.32 Å². The number of aromatic nitrogens is 3. The molecular formula is C16H12N4O2. The molecule has 108 valence electrons. The molecule has 22 heavy (non-hydrogen) atoms. The second-order valence-corrected chi connectivity index (χ2v) is 5.09. The van der Waals surface area contributed by atoms with Crippen LogP contribution in [0.3, 0.4) is 0 Å². The molecule has 4 heterocycles. The summed E-state index contributed by atoms with van der Waals surface area (Å²) in [6.45, 7) is 1.06. The maximum Gasteiger partial charge on any atom is 0.276 e. The van der Waals surface area contributed by atoms with Crippen LogP contribution in [0, 0.1) is 0 Å². The van der Waals surface area contributed by atoms with Crippen molar-refractivity contribution in [3.63, 3.8) is 0 Å². The fourth-order valence-corrected chi connectivity index (χ4v) is 2.53. The molecule has 0 radical (unpaired) electrons. The maximum atomic E-state index is 12.5. The Balaban J connectivity index is 1.57. The molecule has 0 saturated heterocycles. The van der Waals surface area contributed by atoms with E-state index in [4.69, 9.17) is 4.52 Å². The average Bonchev–Trinajstić information content (AvgIpc) is 3.22. The minimum absolute atomic E-state index is 0.156. The Labute approximate surface area is 126 Å². The minimum Gasteiger partial charge on any atom is -0.355 e. The summed E-state index contributed by atoms with van der Waals surface area (Å²) < 4.78 is 5.26. The van der Waals surface area contributed by atoms with Gasteiger partial charge in [-0.15, -0.1) is 0 Å². The molecule has 0 N–H and O–H groups in total. The second kappa shape index (κ2) is 5.07. The summed E-state index contributed by atoms with van der Waals surface area (Å²) in [5.41, 5.74) is 3.10. The first-order valence-electron chi connectivity index (χ1n) is 6.90. The summed E-state index contributed by atoms with van der Waals surface area (Å²) in [6.07, 6.45) is 5.09. The van der Waals surface area contributed by atoms with E-state index in [0.29, 0.717) is 24.5 Å². The van der Waals surface area contributed by atoms with Crippen LogP contribution in [0.25, 0.3) is 11.3 Å². The van der Waals surface area contributed by atoms with Crippen molar-refractivity contribution in [3.8, 4) is 11.3 Å². The molecule has 6 nitrogen and oxygen atoms in total. The first-order chi connectivity index (χ1) is 10.8. The van der Waals surface area contributed by atoms with E-state index in [1.54, 1.807) is 29.6 Å². The molecule has 1 amide bonds. The van der Waals surface area contributed by atoms with Crippen LogP contribution in [-0.2, 0) is 13.1 Å². The molecule has 4 rings (SSSR count). The van der Waals surface area contributed by atoms with Gasteiger partial charge in [-0.25, -0.2) is 0 Å². The molecule has 3 aromatic heterocycles. The predicted octanol–water partition coefficient (Wildman–Crippen LogP) is 2.29. The summed E-state index contributed by atoms with van der Waals surface area (Å²) in [7, 11) is 0. The van der Waals surface area contributed by atoms with Crippen molar-refractivity contribution in [3.05, 3.63) is 65.9 Å². The van der Waals surface area contributed by atoms with Crippen molar-refractivity contribution >= 4 is 5.91 Å². The first kappa shape index (κ1) is 12.7. The van der Waals surface area contributed by atoms with E-state index < -0.39 is 0 Å². The van der Waals surface area contributed by atoms with Crippen LogP contribution in [0.15, 0.2) is 53.4 Å². The summed E-state index contributed by atoms with van der Waals surface area (Å²) in [4.78, 5) is 22.6. The number of rotatable bonds is 2. The molecule has 1 aliphatic heterocycles. The molecule has 0 atom stereocenters. The molecular weight excluding hydrogens is 280 g/mol. The fourth-order valence-electron chi connectivity index (χ4n) is 2.53. The Bertz CT molecular complexity index is 804. The summed E-state index contributed by atoms with van der Waals surface area (Å²) in [5.74, 6) is 0.378. The lowest BCUT2D eigenvalue weighted by molar-refractivity contribution is 0.0740. The number of amides is 1. The zero-order valence-electron chi connectivity index (χ0n) is 11.6. The van der Waals surface area contributed by atoms with E-state index in [0.717, 1.165) is 16.8 Å².